The first-order chi connectivity index (χ1) is 29.6. The first-order valence-electron chi connectivity index (χ1n) is 20.7. The second kappa shape index (κ2) is 23.6. The van der Waals surface area contributed by atoms with E-state index < -0.39 is 28.6 Å². The van der Waals surface area contributed by atoms with Gasteiger partial charge in [-0.25, -0.2) is 4.79 Å². The lowest BCUT2D eigenvalue weighted by molar-refractivity contribution is -0.385. The van der Waals surface area contributed by atoms with Gasteiger partial charge in [0, 0.05) is 29.1 Å². The minimum atomic E-state index is -0.845. The van der Waals surface area contributed by atoms with Crippen LogP contribution in [0, 0.1) is 10.1 Å². The third-order valence-corrected chi connectivity index (χ3v) is 10.7. The van der Waals surface area contributed by atoms with Crippen molar-refractivity contribution in [2.45, 2.75) is 102 Å². The van der Waals surface area contributed by atoms with Crippen molar-refractivity contribution < 1.29 is 43.0 Å². The second-order valence-electron chi connectivity index (χ2n) is 14.4. The summed E-state index contributed by atoms with van der Waals surface area (Å²) in [6, 6.07) is 19.4. The predicted octanol–water partition coefficient (Wildman–Crippen LogP) is 10.8. The van der Waals surface area contributed by atoms with E-state index in [0.29, 0.717) is 52.9 Å². The van der Waals surface area contributed by atoms with E-state index in [1.165, 1.54) is 62.3 Å². The molecule has 0 unspecified atom stereocenters. The number of hydrogen-bond donors (Lipinski definition) is 2. The predicted molar refractivity (Wildman–Crippen MR) is 234 cm³/mol. The third-order valence-electron chi connectivity index (χ3n) is 9.85. The fourth-order valence-corrected chi connectivity index (χ4v) is 7.41. The van der Waals surface area contributed by atoms with E-state index >= 15 is 0 Å². The molecule has 324 valence electrons. The molecule has 0 fully saturated rings. The van der Waals surface area contributed by atoms with Crippen molar-refractivity contribution in [3.8, 4) is 17.2 Å². The van der Waals surface area contributed by atoms with Crippen LogP contribution in [0.25, 0.3) is 10.8 Å². The number of carbonyl (C=O) groups excluding carboxylic acids is 3. The SMILES string of the molecule is CCCCCCCCCCCCN(C(=O)Oc1ccc(CSc2nnc(CC(=O)OCCC)o2)cc1[N+](=O)[O-])c1cccc2c(O)c(C(=O)Nc3ccccc3OC)ccc12. The Bertz CT molecular complexity index is 2260. The molecule has 16 heteroatoms. The molecule has 15 nitrogen and oxygen atoms in total. The summed E-state index contributed by atoms with van der Waals surface area (Å²) in [5.74, 6) is -0.819. The summed E-state index contributed by atoms with van der Waals surface area (Å²) in [7, 11) is 1.49. The van der Waals surface area contributed by atoms with Crippen LogP contribution in [0.2, 0.25) is 0 Å². The maximum Gasteiger partial charge on any atom is 0.420 e. The molecule has 5 rings (SSSR count). The second-order valence-corrected chi connectivity index (χ2v) is 15.3. The fourth-order valence-electron chi connectivity index (χ4n) is 6.68. The summed E-state index contributed by atoms with van der Waals surface area (Å²) in [5, 5.41) is 35.3. The normalized spacial score (nSPS) is 11.0. The minimum absolute atomic E-state index is 0.0138. The molecule has 0 aliphatic carbocycles. The van der Waals surface area contributed by atoms with Crippen molar-refractivity contribution in [2.75, 3.05) is 30.5 Å². The molecule has 5 aromatic rings. The molecule has 0 aliphatic heterocycles. The molecule has 0 saturated carbocycles. The monoisotopic (exact) mass is 855 g/mol. The van der Waals surface area contributed by atoms with Crippen molar-refractivity contribution in [3.05, 3.63) is 99.9 Å². The number of carbonyl (C=O) groups is 3. The molecule has 0 bridgehead atoms. The number of anilines is 2. The lowest BCUT2D eigenvalue weighted by Gasteiger charge is -2.24. The molecular formula is C45H53N5O10S. The van der Waals surface area contributed by atoms with E-state index in [1.807, 2.05) is 6.92 Å². The molecular weight excluding hydrogens is 803 g/mol. The van der Waals surface area contributed by atoms with Crippen molar-refractivity contribution >= 4 is 57.6 Å². The van der Waals surface area contributed by atoms with Gasteiger partial charge in [-0.3, -0.25) is 24.6 Å². The van der Waals surface area contributed by atoms with Crippen LogP contribution in [0.15, 0.2) is 82.4 Å². The molecule has 61 heavy (non-hydrogen) atoms. The molecule has 4 aromatic carbocycles. The molecule has 0 spiro atoms. The van der Waals surface area contributed by atoms with Crippen LogP contribution < -0.4 is 19.7 Å². The summed E-state index contributed by atoms with van der Waals surface area (Å²) in [6.07, 6.45) is 10.5. The van der Waals surface area contributed by atoms with Gasteiger partial charge in [0.25, 0.3) is 11.1 Å². The van der Waals surface area contributed by atoms with Crippen molar-refractivity contribution in [3.63, 3.8) is 0 Å². The number of ether oxygens (including phenoxy) is 3. The largest absolute Gasteiger partial charge is 0.506 e. The number of hydrogen-bond acceptors (Lipinski definition) is 13. The number of methoxy groups -OCH3 is 1. The Morgan fingerprint density at radius 3 is 2.31 bits per heavy atom. The van der Waals surface area contributed by atoms with Crippen LogP contribution in [0.5, 0.6) is 17.2 Å². The number of esters is 1. The number of amides is 2. The Labute approximate surface area is 359 Å². The summed E-state index contributed by atoms with van der Waals surface area (Å²) < 4.78 is 21.7. The lowest BCUT2D eigenvalue weighted by atomic mass is 10.0. The van der Waals surface area contributed by atoms with E-state index in [-0.39, 0.29) is 46.9 Å². The zero-order valence-corrected chi connectivity index (χ0v) is 35.7. The Morgan fingerprint density at radius 1 is 0.852 bits per heavy atom. The van der Waals surface area contributed by atoms with Gasteiger partial charge in [-0.1, -0.05) is 120 Å². The highest BCUT2D eigenvalue weighted by Gasteiger charge is 2.26. The Kier molecular flexibility index (Phi) is 17.8. The maximum atomic E-state index is 14.2. The number of aromatic nitrogens is 2. The Hall–Kier alpha value is -6.16. The van der Waals surface area contributed by atoms with Gasteiger partial charge in [-0.05, 0) is 48.7 Å². The van der Waals surface area contributed by atoms with Crippen LogP contribution in [-0.4, -0.2) is 58.5 Å². The van der Waals surface area contributed by atoms with E-state index in [2.05, 4.69) is 22.4 Å². The highest BCUT2D eigenvalue weighted by Crippen LogP contribution is 2.37. The van der Waals surface area contributed by atoms with Crippen LogP contribution in [-0.2, 0) is 21.7 Å². The molecule has 2 amide bonds. The average Bonchev–Trinajstić information content (AvgIpc) is 3.71. The zero-order chi connectivity index (χ0) is 43.6. The van der Waals surface area contributed by atoms with E-state index in [4.69, 9.17) is 18.6 Å². The van der Waals surface area contributed by atoms with E-state index in [0.717, 1.165) is 37.4 Å². The first kappa shape index (κ1) is 45.9. The van der Waals surface area contributed by atoms with Gasteiger partial charge in [0.15, 0.2) is 0 Å². The number of fused-ring (bicyclic) bond motifs is 1. The number of nitro groups is 1. The van der Waals surface area contributed by atoms with Crippen molar-refractivity contribution in [2.24, 2.45) is 0 Å². The average molecular weight is 856 g/mol. The molecule has 2 N–H and O–H groups in total. The van der Waals surface area contributed by atoms with Crippen LogP contribution in [0.3, 0.4) is 0 Å². The smallest absolute Gasteiger partial charge is 0.420 e. The van der Waals surface area contributed by atoms with Gasteiger partial charge in [0.1, 0.15) is 17.9 Å². The zero-order valence-electron chi connectivity index (χ0n) is 34.9. The van der Waals surface area contributed by atoms with Gasteiger partial charge in [-0.2, -0.15) is 0 Å². The number of phenolic OH excluding ortho intramolecular Hbond substituents is 1. The van der Waals surface area contributed by atoms with Crippen LogP contribution in [0.1, 0.15) is 106 Å². The summed E-state index contributed by atoms with van der Waals surface area (Å²) >= 11 is 1.13. The Balaban J connectivity index is 1.34. The highest BCUT2D eigenvalue weighted by atomic mass is 32.2. The number of nitrogens with zero attached hydrogens (tertiary/aromatic N) is 4. The molecule has 0 saturated heterocycles. The molecule has 0 aliphatic rings. The van der Waals surface area contributed by atoms with Gasteiger partial charge in [0.05, 0.1) is 35.6 Å². The van der Waals surface area contributed by atoms with Crippen molar-refractivity contribution in [1.82, 2.24) is 10.2 Å². The quantitative estimate of drug-likeness (QED) is 0.0196. The van der Waals surface area contributed by atoms with Gasteiger partial charge in [-0.15, -0.1) is 10.2 Å². The Morgan fingerprint density at radius 2 is 1.59 bits per heavy atom. The fraction of sp³-hybridized carbons (Fsp3) is 0.400. The van der Waals surface area contributed by atoms with Gasteiger partial charge >= 0.3 is 17.7 Å². The number of thioether (sulfide) groups is 1. The first-order valence-corrected chi connectivity index (χ1v) is 21.7. The van der Waals surface area contributed by atoms with Crippen LogP contribution >= 0.6 is 11.8 Å². The molecule has 0 atom stereocenters. The number of benzene rings is 4. The van der Waals surface area contributed by atoms with Crippen LogP contribution in [0.4, 0.5) is 21.9 Å². The third kappa shape index (κ3) is 13.2. The number of aromatic hydroxyl groups is 1. The number of unbranched alkanes of at least 4 members (excludes halogenated alkanes) is 9. The lowest BCUT2D eigenvalue weighted by Crippen LogP contribution is -2.34. The number of phenols is 1. The number of nitro benzene ring substituents is 1. The van der Waals surface area contributed by atoms with Crippen molar-refractivity contribution in [1.29, 1.82) is 0 Å². The highest BCUT2D eigenvalue weighted by molar-refractivity contribution is 7.98. The standard InChI is InChI=1S/C45H53N5O10S/c1-4-6-7-8-9-10-11-12-13-16-26-49(36-20-17-18-33-32(36)23-24-34(42(33)52)43(53)46-35-19-14-15-21-38(35)57-3)45(54)59-39-25-22-31(28-37(39)50(55)56)30-61-44-48-47-40(60-44)29-41(51)58-27-5-2/h14-15,17-25,28,52H,4-13,16,26-27,29-30H2,1-3H3,(H,46,53). The molecule has 1 heterocycles. The van der Waals surface area contributed by atoms with Gasteiger partial charge in [0.2, 0.25) is 11.6 Å². The molecule has 1 aromatic heterocycles. The minimum Gasteiger partial charge on any atom is -0.506 e. The number of nitrogens with one attached hydrogen (secondary N) is 1. The molecule has 0 radical (unpaired) electrons. The van der Waals surface area contributed by atoms with E-state index in [1.54, 1.807) is 54.6 Å². The number of para-hydroxylation sites is 2. The summed E-state index contributed by atoms with van der Waals surface area (Å²) in [4.78, 5) is 52.6. The van der Waals surface area contributed by atoms with E-state index in [9.17, 15) is 29.6 Å². The number of rotatable bonds is 24. The topological polar surface area (TPSA) is 196 Å². The van der Waals surface area contributed by atoms with Gasteiger partial charge < -0.3 is 29.1 Å². The summed E-state index contributed by atoms with van der Waals surface area (Å²) in [6.45, 7) is 4.61. The summed E-state index contributed by atoms with van der Waals surface area (Å²) in [5.41, 5.74) is 0.948. The maximum absolute atomic E-state index is 14.2.